The van der Waals surface area contributed by atoms with Crippen molar-refractivity contribution < 1.29 is 18.0 Å². The van der Waals surface area contributed by atoms with Gasteiger partial charge in [0.05, 0.1) is 16.8 Å². The average Bonchev–Trinajstić information content (AvgIpc) is 2.93. The molecule has 0 aliphatic heterocycles. The number of alkyl halides is 3. The van der Waals surface area contributed by atoms with Gasteiger partial charge in [0.25, 0.3) is 5.91 Å². The second-order valence-electron chi connectivity index (χ2n) is 7.66. The van der Waals surface area contributed by atoms with Crippen molar-refractivity contribution in [3.05, 3.63) is 46.5 Å². The molecule has 152 valence electrons. The van der Waals surface area contributed by atoms with E-state index in [1.165, 1.54) is 0 Å². The van der Waals surface area contributed by atoms with Crippen LogP contribution in [0.15, 0.2) is 18.3 Å². The summed E-state index contributed by atoms with van der Waals surface area (Å²) < 4.78 is 40.7. The number of nitrogens with zero attached hydrogens (tertiary/aromatic N) is 3. The first kappa shape index (κ1) is 20.4. The smallest absolute Gasteiger partial charge is 0.349 e. The van der Waals surface area contributed by atoms with Gasteiger partial charge in [-0.05, 0) is 64.5 Å². The Labute approximate surface area is 162 Å². The van der Waals surface area contributed by atoms with E-state index in [2.05, 4.69) is 21.5 Å². The van der Waals surface area contributed by atoms with E-state index >= 15 is 0 Å². The number of rotatable bonds is 4. The largest absolute Gasteiger partial charge is 0.417 e. The Morgan fingerprint density at radius 1 is 1.18 bits per heavy atom. The van der Waals surface area contributed by atoms with Crippen LogP contribution in [-0.2, 0) is 12.7 Å². The molecule has 2 aromatic rings. The topological polar surface area (TPSA) is 59.8 Å². The molecule has 2 aromatic heterocycles. The van der Waals surface area contributed by atoms with Crippen molar-refractivity contribution in [2.45, 2.75) is 65.2 Å². The Morgan fingerprint density at radius 3 is 2.43 bits per heavy atom. The number of nitrogens with one attached hydrogen (secondary N) is 1. The van der Waals surface area contributed by atoms with Gasteiger partial charge in [-0.2, -0.15) is 18.3 Å². The van der Waals surface area contributed by atoms with Crippen molar-refractivity contribution >= 4 is 5.91 Å². The number of pyridine rings is 1. The lowest BCUT2D eigenvalue weighted by atomic mass is 9.86. The molecule has 0 unspecified atom stereocenters. The number of aromatic nitrogens is 3. The zero-order chi connectivity index (χ0) is 20.5. The van der Waals surface area contributed by atoms with Gasteiger partial charge >= 0.3 is 6.18 Å². The predicted octanol–water partition coefficient (Wildman–Crippen LogP) is 4.21. The second kappa shape index (κ2) is 7.93. The molecule has 0 spiro atoms. The molecule has 0 radical (unpaired) electrons. The molecular formula is C20H25F3N4O. The Bertz CT molecular complexity index is 852. The first-order valence-electron chi connectivity index (χ1n) is 9.49. The molecule has 1 aliphatic carbocycles. The predicted molar refractivity (Wildman–Crippen MR) is 98.9 cm³/mol. The van der Waals surface area contributed by atoms with Crippen LogP contribution in [0.5, 0.6) is 0 Å². The quantitative estimate of drug-likeness (QED) is 0.845. The van der Waals surface area contributed by atoms with E-state index in [9.17, 15) is 18.0 Å². The number of hydrogen-bond acceptors (Lipinski definition) is 3. The third-order valence-corrected chi connectivity index (χ3v) is 5.38. The van der Waals surface area contributed by atoms with Gasteiger partial charge in [-0.1, -0.05) is 0 Å². The van der Waals surface area contributed by atoms with Crippen molar-refractivity contribution in [1.82, 2.24) is 20.1 Å². The van der Waals surface area contributed by atoms with Gasteiger partial charge in [-0.3, -0.25) is 14.5 Å². The molecule has 1 fully saturated rings. The summed E-state index contributed by atoms with van der Waals surface area (Å²) in [5.74, 6) is 0.00112. The van der Waals surface area contributed by atoms with E-state index < -0.39 is 17.6 Å². The lowest BCUT2D eigenvalue weighted by Gasteiger charge is -2.29. The minimum Gasteiger partial charge on any atom is -0.349 e. The van der Waals surface area contributed by atoms with Crippen molar-refractivity contribution in [3.8, 4) is 0 Å². The highest BCUT2D eigenvalue weighted by atomic mass is 19.4. The summed E-state index contributed by atoms with van der Waals surface area (Å²) in [6.45, 7) is 6.41. The highest BCUT2D eigenvalue weighted by Gasteiger charge is 2.32. The van der Waals surface area contributed by atoms with Crippen LogP contribution < -0.4 is 5.32 Å². The molecule has 1 N–H and O–H groups in total. The van der Waals surface area contributed by atoms with Crippen LogP contribution in [0.1, 0.15) is 58.7 Å². The molecule has 0 atom stereocenters. The molecule has 5 nitrogen and oxygen atoms in total. The van der Waals surface area contributed by atoms with Gasteiger partial charge in [0.15, 0.2) is 0 Å². The zero-order valence-corrected chi connectivity index (χ0v) is 16.3. The summed E-state index contributed by atoms with van der Waals surface area (Å²) in [7, 11) is 0. The van der Waals surface area contributed by atoms with Gasteiger partial charge < -0.3 is 5.32 Å². The first-order valence-corrected chi connectivity index (χ1v) is 9.49. The van der Waals surface area contributed by atoms with E-state index in [1.54, 1.807) is 6.92 Å². The summed E-state index contributed by atoms with van der Waals surface area (Å²) in [5.41, 5.74) is 1.52. The SMILES string of the molecule is Cc1cc(C)n(C[C@H]2CC[C@H](NC(=O)c3cc(C(F)(F)F)cnc3C)CC2)n1. The van der Waals surface area contributed by atoms with E-state index in [1.807, 2.05) is 18.5 Å². The number of amides is 1. The van der Waals surface area contributed by atoms with E-state index in [4.69, 9.17) is 0 Å². The summed E-state index contributed by atoms with van der Waals surface area (Å²) in [4.78, 5) is 16.2. The summed E-state index contributed by atoms with van der Waals surface area (Å²) >= 11 is 0. The van der Waals surface area contributed by atoms with Crippen LogP contribution in [-0.4, -0.2) is 26.7 Å². The first-order chi connectivity index (χ1) is 13.1. The van der Waals surface area contributed by atoms with Crippen LogP contribution in [0.2, 0.25) is 0 Å². The van der Waals surface area contributed by atoms with Gasteiger partial charge in [0.2, 0.25) is 0 Å². The summed E-state index contributed by atoms with van der Waals surface area (Å²) in [5, 5.41) is 7.38. The standard InChI is InChI=1S/C20H25F3N4O/c1-12-8-13(2)27(26-12)11-15-4-6-17(7-5-15)25-19(28)18-9-16(20(21,22)23)10-24-14(18)3/h8-10,15,17H,4-7,11H2,1-3H3,(H,25,28)/t15-,17-. The Hall–Kier alpha value is -2.38. The maximum Gasteiger partial charge on any atom is 0.417 e. The molecule has 8 heteroatoms. The number of carbonyl (C=O) groups excluding carboxylic acids is 1. The molecule has 3 rings (SSSR count). The number of halogens is 3. The second-order valence-corrected chi connectivity index (χ2v) is 7.66. The third-order valence-electron chi connectivity index (χ3n) is 5.38. The summed E-state index contributed by atoms with van der Waals surface area (Å²) in [6, 6.07) is 2.90. The Kier molecular flexibility index (Phi) is 5.76. The van der Waals surface area contributed by atoms with Crippen molar-refractivity contribution in [3.63, 3.8) is 0 Å². The Balaban J connectivity index is 1.57. The normalized spacial score (nSPS) is 20.2. The fraction of sp³-hybridized carbons (Fsp3) is 0.550. The molecule has 1 saturated carbocycles. The van der Waals surface area contributed by atoms with Crippen LogP contribution in [0.25, 0.3) is 0 Å². The number of carbonyl (C=O) groups is 1. The molecular weight excluding hydrogens is 369 g/mol. The highest BCUT2D eigenvalue weighted by molar-refractivity contribution is 5.95. The molecule has 2 heterocycles. The van der Waals surface area contributed by atoms with E-state index in [-0.39, 0.29) is 11.6 Å². The van der Waals surface area contributed by atoms with Crippen molar-refractivity contribution in [2.24, 2.45) is 5.92 Å². The van der Waals surface area contributed by atoms with Crippen molar-refractivity contribution in [1.29, 1.82) is 0 Å². The molecule has 0 bridgehead atoms. The fourth-order valence-electron chi connectivity index (χ4n) is 3.77. The fourth-order valence-corrected chi connectivity index (χ4v) is 3.77. The van der Waals surface area contributed by atoms with E-state index in [0.29, 0.717) is 11.6 Å². The minimum atomic E-state index is -4.52. The van der Waals surface area contributed by atoms with Gasteiger partial charge in [-0.15, -0.1) is 0 Å². The molecule has 0 aromatic carbocycles. The molecule has 0 saturated heterocycles. The van der Waals surface area contributed by atoms with Crippen LogP contribution in [0, 0.1) is 26.7 Å². The molecule has 1 aliphatic rings. The third kappa shape index (κ3) is 4.72. The lowest BCUT2D eigenvalue weighted by molar-refractivity contribution is -0.137. The number of hydrogen-bond donors (Lipinski definition) is 1. The maximum absolute atomic E-state index is 12.9. The van der Waals surface area contributed by atoms with Gasteiger partial charge in [0.1, 0.15) is 0 Å². The minimum absolute atomic E-state index is 0.0143. The van der Waals surface area contributed by atoms with Crippen LogP contribution >= 0.6 is 0 Å². The highest BCUT2D eigenvalue weighted by Crippen LogP contribution is 2.30. The molecule has 1 amide bonds. The lowest BCUT2D eigenvalue weighted by Crippen LogP contribution is -2.38. The van der Waals surface area contributed by atoms with Crippen LogP contribution in [0.3, 0.4) is 0 Å². The Morgan fingerprint density at radius 2 is 1.86 bits per heavy atom. The van der Waals surface area contributed by atoms with Gasteiger partial charge in [-0.25, -0.2) is 0 Å². The maximum atomic E-state index is 12.9. The zero-order valence-electron chi connectivity index (χ0n) is 16.3. The number of aryl methyl sites for hydroxylation is 3. The monoisotopic (exact) mass is 394 g/mol. The van der Waals surface area contributed by atoms with Crippen molar-refractivity contribution in [2.75, 3.05) is 0 Å². The summed E-state index contributed by atoms with van der Waals surface area (Å²) in [6.07, 6.45) is -0.248. The average molecular weight is 394 g/mol. The van der Waals surface area contributed by atoms with Gasteiger partial charge in [0, 0.05) is 30.2 Å². The van der Waals surface area contributed by atoms with E-state index in [0.717, 1.165) is 55.9 Å². The molecule has 28 heavy (non-hydrogen) atoms. The van der Waals surface area contributed by atoms with Crippen LogP contribution in [0.4, 0.5) is 13.2 Å².